The summed E-state index contributed by atoms with van der Waals surface area (Å²) in [6, 6.07) is 3.51. The van der Waals surface area contributed by atoms with Crippen LogP contribution in [-0.2, 0) is 27.2 Å². The Morgan fingerprint density at radius 3 is 1.27 bits per heavy atom. The largest absolute Gasteiger partial charge is 1.00 e. The molecule has 0 amide bonds. The summed E-state index contributed by atoms with van der Waals surface area (Å²) >= 11 is 0. The van der Waals surface area contributed by atoms with E-state index in [-0.39, 0.29) is 70.6 Å². The molecule has 1 aromatic rings. The van der Waals surface area contributed by atoms with Crippen molar-refractivity contribution < 1.29 is 93.4 Å². The van der Waals surface area contributed by atoms with Crippen molar-refractivity contribution in [3.8, 4) is 11.5 Å². The van der Waals surface area contributed by atoms with Gasteiger partial charge in [-0.05, 0) is 30.5 Å². The Morgan fingerprint density at radius 1 is 0.606 bits per heavy atom. The van der Waals surface area contributed by atoms with Crippen molar-refractivity contribution in [1.82, 2.24) is 0 Å². The van der Waals surface area contributed by atoms with Crippen molar-refractivity contribution >= 4 is 20.8 Å². The summed E-state index contributed by atoms with van der Waals surface area (Å²) in [5, 5.41) is 0. The van der Waals surface area contributed by atoms with Crippen LogP contribution in [0.5, 0.6) is 11.5 Å². The van der Waals surface area contributed by atoms with Crippen LogP contribution in [-0.4, -0.2) is 25.9 Å². The second-order valence-electron chi connectivity index (χ2n) is 7.79. The van der Waals surface area contributed by atoms with E-state index in [9.17, 15) is 25.9 Å². The summed E-state index contributed by atoms with van der Waals surface area (Å²) in [5.41, 5.74) is 0.517. The fraction of sp³-hybridized carbons (Fsp3) is 0.714. The zero-order chi connectivity index (χ0) is 23.2. The Kier molecular flexibility index (Phi) is 21.5. The molecule has 0 spiro atoms. The van der Waals surface area contributed by atoms with Crippen LogP contribution in [0.1, 0.15) is 96.0 Å². The first-order valence-corrected chi connectivity index (χ1v) is 13.7. The van der Waals surface area contributed by atoms with Gasteiger partial charge in [0.1, 0.15) is 11.5 Å². The third kappa shape index (κ3) is 21.6. The molecule has 1 rings (SSSR count). The number of aryl methyl sites for hydroxylation is 1. The molecule has 33 heavy (non-hydrogen) atoms. The van der Waals surface area contributed by atoms with E-state index in [1.165, 1.54) is 69.9 Å². The topological polar surface area (TPSA) is 133 Å². The van der Waals surface area contributed by atoms with Crippen molar-refractivity contribution in [2.45, 2.75) is 96.8 Å². The van der Waals surface area contributed by atoms with Crippen molar-refractivity contribution in [1.29, 1.82) is 0 Å². The molecule has 0 saturated carbocycles. The Bertz CT molecular complexity index is 794. The van der Waals surface area contributed by atoms with Gasteiger partial charge < -0.3 is 17.5 Å². The summed E-state index contributed by atoms with van der Waals surface area (Å²) in [4.78, 5) is 0. The van der Waals surface area contributed by atoms with E-state index in [0.29, 0.717) is 12.0 Å². The molecule has 0 aliphatic heterocycles. The molecule has 0 aliphatic carbocycles. The maximum atomic E-state index is 10.8. The fourth-order valence-electron chi connectivity index (χ4n) is 3.45. The summed E-state index contributed by atoms with van der Waals surface area (Å²) < 4.78 is 73.3. The van der Waals surface area contributed by atoms with Gasteiger partial charge in [0.05, 0.1) is 0 Å². The molecule has 0 atom stereocenters. The summed E-state index contributed by atoms with van der Waals surface area (Å²) in [7, 11) is -10.1. The van der Waals surface area contributed by atoms with E-state index in [4.69, 9.17) is 0 Å². The number of hydrogen-bond acceptors (Lipinski definition) is 8. The molecule has 0 bridgehead atoms. The van der Waals surface area contributed by atoms with Crippen LogP contribution in [0.3, 0.4) is 0 Å². The fourth-order valence-corrected chi connectivity index (χ4v) is 4.12. The predicted octanol–water partition coefficient (Wildman–Crippen LogP) is -0.994. The van der Waals surface area contributed by atoms with Crippen molar-refractivity contribution in [2.75, 3.05) is 0 Å². The van der Waals surface area contributed by atoms with E-state index in [2.05, 4.69) is 15.3 Å². The van der Waals surface area contributed by atoms with Gasteiger partial charge in [0.2, 0.25) is 0 Å². The second-order valence-corrected chi connectivity index (χ2v) is 9.75. The molecule has 0 heterocycles. The normalized spacial score (nSPS) is 11.4. The van der Waals surface area contributed by atoms with Crippen LogP contribution < -0.4 is 67.5 Å². The van der Waals surface area contributed by atoms with Gasteiger partial charge >= 0.3 is 59.1 Å². The zero-order valence-electron chi connectivity index (χ0n) is 20.2. The van der Waals surface area contributed by atoms with E-state index >= 15 is 0 Å². The molecule has 0 aliphatic rings. The van der Waals surface area contributed by atoms with Crippen LogP contribution >= 0.6 is 0 Å². The Morgan fingerprint density at radius 2 is 0.939 bits per heavy atom. The Labute approximate surface area is 244 Å². The first-order valence-electron chi connectivity index (χ1n) is 11.0. The third-order valence-electron chi connectivity index (χ3n) is 4.91. The number of rotatable bonds is 18. The average Bonchev–Trinajstić information content (AvgIpc) is 2.62. The Hall–Kier alpha value is 0.640. The number of hydrogen-bond donors (Lipinski definition) is 0. The van der Waals surface area contributed by atoms with Crippen LogP contribution in [0, 0.1) is 0 Å². The van der Waals surface area contributed by atoms with E-state index in [1.54, 1.807) is 0 Å². The summed E-state index contributed by atoms with van der Waals surface area (Å²) in [6.07, 6.45) is 16.1. The van der Waals surface area contributed by atoms with Crippen LogP contribution in [0.15, 0.2) is 18.2 Å². The molecule has 1 aromatic carbocycles. The number of benzene rings is 1. The smallest absolute Gasteiger partial charge is 0.716 e. The molecule has 0 N–H and O–H groups in total. The van der Waals surface area contributed by atoms with Crippen molar-refractivity contribution in [2.24, 2.45) is 0 Å². The Balaban J connectivity index is 0. The molecule has 0 unspecified atom stereocenters. The minimum atomic E-state index is -5.04. The minimum absolute atomic E-state index is 0. The molecular weight excluding hydrogens is 490 g/mol. The predicted molar refractivity (Wildman–Crippen MR) is 116 cm³/mol. The van der Waals surface area contributed by atoms with Gasteiger partial charge in [-0.1, -0.05) is 84.0 Å². The zero-order valence-corrected chi connectivity index (χ0v) is 25.8. The van der Waals surface area contributed by atoms with Gasteiger partial charge in [-0.2, -0.15) is 0 Å². The molecule has 0 fully saturated rings. The van der Waals surface area contributed by atoms with Gasteiger partial charge in [-0.15, -0.1) is 0 Å². The van der Waals surface area contributed by atoms with Crippen molar-refractivity contribution in [3.63, 3.8) is 0 Å². The van der Waals surface area contributed by atoms with Crippen molar-refractivity contribution in [3.05, 3.63) is 23.8 Å². The van der Waals surface area contributed by atoms with E-state index < -0.39 is 20.8 Å². The average molecular weight is 525 g/mol. The minimum Gasteiger partial charge on any atom is -0.716 e. The van der Waals surface area contributed by atoms with Gasteiger partial charge in [0.25, 0.3) is 20.8 Å². The van der Waals surface area contributed by atoms with Gasteiger partial charge in [-0.25, -0.2) is 16.8 Å². The monoisotopic (exact) mass is 524 g/mol. The maximum absolute atomic E-state index is 10.8. The van der Waals surface area contributed by atoms with Crippen LogP contribution in [0.4, 0.5) is 0 Å². The van der Waals surface area contributed by atoms with E-state index in [1.807, 2.05) is 0 Å². The molecule has 0 saturated heterocycles. The molecule has 180 valence electrons. The molecule has 0 radical (unpaired) electrons. The first-order chi connectivity index (χ1) is 14.6. The standard InChI is InChI=1S/C21H36O8S2.2Na/c1-2-3-4-5-6-7-8-9-10-11-12-13-14-15-19-16-20(28-30(22,23)24)18-21(17-19)29-31(25,26)27;;/h16-18H,2-15H2,1H3,(H,22,23,24)(H,25,26,27);;/q;2*+1/p-2. The number of unbranched alkanes of at least 4 members (excludes halogenated alkanes) is 12. The SMILES string of the molecule is CCCCCCCCCCCCCCCc1cc(OS(=O)(=O)[O-])cc(OS(=O)(=O)[O-])c1.[Na+].[Na+]. The second kappa shape index (κ2) is 19.8. The third-order valence-corrected chi connectivity index (χ3v) is 5.70. The molecular formula is C21H34Na2O8S2. The molecule has 8 nitrogen and oxygen atoms in total. The summed E-state index contributed by atoms with van der Waals surface area (Å²) in [5.74, 6) is -0.776. The summed E-state index contributed by atoms with van der Waals surface area (Å²) in [6.45, 7) is 2.22. The van der Waals surface area contributed by atoms with Gasteiger partial charge in [0, 0.05) is 6.07 Å². The van der Waals surface area contributed by atoms with Crippen LogP contribution in [0.2, 0.25) is 0 Å². The van der Waals surface area contributed by atoms with Gasteiger partial charge in [0.15, 0.2) is 0 Å². The molecule has 12 heteroatoms. The quantitative estimate of drug-likeness (QED) is 0.103. The first kappa shape index (κ1) is 35.8. The van der Waals surface area contributed by atoms with Gasteiger partial charge in [-0.3, -0.25) is 0 Å². The maximum Gasteiger partial charge on any atom is 1.00 e. The van der Waals surface area contributed by atoms with E-state index in [0.717, 1.165) is 31.7 Å². The van der Waals surface area contributed by atoms with Crippen LogP contribution in [0.25, 0.3) is 0 Å². The molecule has 0 aromatic heterocycles.